The molecule has 2 aromatic carbocycles. The number of sulfonamides is 1. The first-order chi connectivity index (χ1) is 13.8. The van der Waals surface area contributed by atoms with Crippen molar-refractivity contribution in [3.8, 4) is 0 Å². The van der Waals surface area contributed by atoms with Crippen LogP contribution in [-0.2, 0) is 21.4 Å². The van der Waals surface area contributed by atoms with E-state index in [4.69, 9.17) is 16.3 Å². The van der Waals surface area contributed by atoms with Crippen LogP contribution < -0.4 is 4.90 Å². The molecule has 0 radical (unpaired) electrons. The molecule has 29 heavy (non-hydrogen) atoms. The van der Waals surface area contributed by atoms with Crippen molar-refractivity contribution in [1.82, 2.24) is 4.31 Å². The average molecular weight is 435 g/mol. The Hall–Kier alpha value is -2.09. The number of carbonyl (C=O) groups excluding carboxylic acids is 1. The van der Waals surface area contributed by atoms with Crippen molar-refractivity contribution in [1.29, 1.82) is 0 Å². The molecule has 2 heterocycles. The average Bonchev–Trinajstić information content (AvgIpc) is 2.70. The Bertz CT molecular complexity index is 1060. The number of hydrogen-bond donors (Lipinski definition) is 0. The molecule has 1 fully saturated rings. The van der Waals surface area contributed by atoms with Crippen LogP contribution in [0.4, 0.5) is 10.5 Å². The van der Waals surface area contributed by atoms with Crippen LogP contribution in [-0.4, -0.2) is 37.9 Å². The number of fused-ring (bicyclic) bond motifs is 1. The summed E-state index contributed by atoms with van der Waals surface area (Å²) in [6.07, 6.45) is 0.693. The fraction of sp³-hybridized carbons (Fsp3) is 0.381. The van der Waals surface area contributed by atoms with Crippen molar-refractivity contribution in [3.63, 3.8) is 0 Å². The number of cyclic esters (lactones) is 1. The summed E-state index contributed by atoms with van der Waals surface area (Å²) in [6.45, 7) is 4.77. The highest BCUT2D eigenvalue weighted by Crippen LogP contribution is 2.34. The molecule has 8 heteroatoms. The Morgan fingerprint density at radius 3 is 2.45 bits per heavy atom. The molecule has 4 rings (SSSR count). The minimum atomic E-state index is -3.55. The molecule has 2 aliphatic heterocycles. The molecule has 0 spiro atoms. The number of piperidine rings is 1. The predicted molar refractivity (Wildman–Crippen MR) is 112 cm³/mol. The van der Waals surface area contributed by atoms with Crippen molar-refractivity contribution in [2.24, 2.45) is 0 Å². The summed E-state index contributed by atoms with van der Waals surface area (Å²) in [6, 6.07) is 10.5. The Labute approximate surface area is 176 Å². The van der Waals surface area contributed by atoms with E-state index >= 15 is 0 Å². The third-order valence-electron chi connectivity index (χ3n) is 5.75. The van der Waals surface area contributed by atoms with Gasteiger partial charge in [0.1, 0.15) is 6.61 Å². The largest absolute Gasteiger partial charge is 0.444 e. The van der Waals surface area contributed by atoms with Gasteiger partial charge in [-0.05, 0) is 68.1 Å². The van der Waals surface area contributed by atoms with Crippen molar-refractivity contribution in [2.75, 3.05) is 18.0 Å². The molecule has 0 unspecified atom stereocenters. The fourth-order valence-electron chi connectivity index (χ4n) is 3.92. The second-order valence-electron chi connectivity index (χ2n) is 7.58. The number of benzene rings is 2. The summed E-state index contributed by atoms with van der Waals surface area (Å²) < 4.78 is 32.9. The molecular formula is C21H23ClN2O4S. The Kier molecular flexibility index (Phi) is 5.31. The number of anilines is 1. The number of rotatable bonds is 3. The SMILES string of the molecule is Cc1ccc(S(=O)(=O)N2CCC(N3C(=O)OCc4cc(Cl)ccc43)CC2)cc1C. The van der Waals surface area contributed by atoms with Crippen molar-refractivity contribution < 1.29 is 17.9 Å². The number of carbonyl (C=O) groups is 1. The van der Waals surface area contributed by atoms with Gasteiger partial charge < -0.3 is 4.74 Å². The van der Waals surface area contributed by atoms with E-state index in [1.54, 1.807) is 29.2 Å². The van der Waals surface area contributed by atoms with Crippen LogP contribution >= 0.6 is 11.6 Å². The number of halogens is 1. The van der Waals surface area contributed by atoms with Crippen molar-refractivity contribution >= 4 is 33.4 Å². The van der Waals surface area contributed by atoms with Gasteiger partial charge in [-0.3, -0.25) is 4.90 Å². The Balaban J connectivity index is 1.52. The van der Waals surface area contributed by atoms with Gasteiger partial charge >= 0.3 is 6.09 Å². The first kappa shape index (κ1) is 20.2. The number of nitrogens with zero attached hydrogens (tertiary/aromatic N) is 2. The standard InChI is InChI=1S/C21H23ClN2O4S/c1-14-3-5-19(11-15(14)2)29(26,27)23-9-7-18(8-10-23)24-20-6-4-17(22)12-16(20)13-28-21(24)25/h3-6,11-12,18H,7-10,13H2,1-2H3. The quantitative estimate of drug-likeness (QED) is 0.723. The molecule has 2 aromatic rings. The van der Waals surface area contributed by atoms with Gasteiger partial charge in [-0.2, -0.15) is 4.31 Å². The van der Waals surface area contributed by atoms with Gasteiger partial charge in [-0.25, -0.2) is 13.2 Å². The summed E-state index contributed by atoms with van der Waals surface area (Å²) in [5, 5.41) is 0.593. The lowest BCUT2D eigenvalue weighted by atomic mass is 10.0. The second-order valence-corrected chi connectivity index (χ2v) is 9.95. The lowest BCUT2D eigenvalue weighted by Crippen LogP contribution is -2.50. The van der Waals surface area contributed by atoms with Gasteiger partial charge in [-0.15, -0.1) is 0 Å². The van der Waals surface area contributed by atoms with E-state index < -0.39 is 16.1 Å². The molecule has 154 valence electrons. The lowest BCUT2D eigenvalue weighted by molar-refractivity contribution is 0.136. The van der Waals surface area contributed by atoms with Gasteiger partial charge in [0.15, 0.2) is 0 Å². The number of amides is 1. The molecule has 2 aliphatic rings. The molecular weight excluding hydrogens is 412 g/mol. The molecule has 0 saturated carbocycles. The summed E-state index contributed by atoms with van der Waals surface area (Å²) in [5.41, 5.74) is 3.67. The van der Waals surface area contributed by atoms with E-state index in [-0.39, 0.29) is 12.6 Å². The Morgan fingerprint density at radius 1 is 1.03 bits per heavy atom. The van der Waals surface area contributed by atoms with Crippen LogP contribution in [0.2, 0.25) is 5.02 Å². The zero-order valence-electron chi connectivity index (χ0n) is 16.4. The van der Waals surface area contributed by atoms with E-state index in [0.717, 1.165) is 22.4 Å². The minimum absolute atomic E-state index is 0.117. The smallest absolute Gasteiger partial charge is 0.414 e. The molecule has 0 atom stereocenters. The third-order valence-corrected chi connectivity index (χ3v) is 7.88. The van der Waals surface area contributed by atoms with Crippen molar-refractivity contribution in [3.05, 3.63) is 58.1 Å². The van der Waals surface area contributed by atoms with Crippen molar-refractivity contribution in [2.45, 2.75) is 44.2 Å². The highest BCUT2D eigenvalue weighted by atomic mass is 35.5. The minimum Gasteiger partial charge on any atom is -0.444 e. The monoisotopic (exact) mass is 434 g/mol. The molecule has 0 aliphatic carbocycles. The first-order valence-corrected chi connectivity index (χ1v) is 11.4. The zero-order chi connectivity index (χ0) is 20.8. The van der Waals surface area contributed by atoms with E-state index in [2.05, 4.69) is 0 Å². The van der Waals surface area contributed by atoms with Crippen LogP contribution in [0, 0.1) is 13.8 Å². The third kappa shape index (κ3) is 3.74. The molecule has 0 bridgehead atoms. The van der Waals surface area contributed by atoms with Gasteiger partial charge in [0.05, 0.1) is 10.6 Å². The molecule has 1 saturated heterocycles. The van der Waals surface area contributed by atoms with Crippen LogP contribution in [0.5, 0.6) is 0 Å². The van der Waals surface area contributed by atoms with Gasteiger partial charge in [0, 0.05) is 29.7 Å². The maximum Gasteiger partial charge on any atom is 0.414 e. The van der Waals surface area contributed by atoms with E-state index in [1.165, 1.54) is 4.31 Å². The Morgan fingerprint density at radius 2 is 1.76 bits per heavy atom. The van der Waals surface area contributed by atoms with Crippen LogP contribution in [0.1, 0.15) is 29.5 Å². The van der Waals surface area contributed by atoms with Crippen LogP contribution in [0.25, 0.3) is 0 Å². The fourth-order valence-corrected chi connectivity index (χ4v) is 5.67. The van der Waals surface area contributed by atoms with Gasteiger partial charge in [-0.1, -0.05) is 17.7 Å². The molecule has 6 nitrogen and oxygen atoms in total. The van der Waals surface area contributed by atoms with Gasteiger partial charge in [0.25, 0.3) is 0 Å². The highest BCUT2D eigenvalue weighted by molar-refractivity contribution is 7.89. The number of ether oxygens (including phenoxy) is 1. The summed E-state index contributed by atoms with van der Waals surface area (Å²) in [4.78, 5) is 14.4. The molecule has 0 N–H and O–H groups in total. The summed E-state index contributed by atoms with van der Waals surface area (Å²) in [7, 11) is -3.55. The number of hydrogen-bond acceptors (Lipinski definition) is 4. The first-order valence-electron chi connectivity index (χ1n) is 9.59. The molecule has 0 aromatic heterocycles. The summed E-state index contributed by atoms with van der Waals surface area (Å²) in [5.74, 6) is 0. The number of aryl methyl sites for hydroxylation is 2. The van der Waals surface area contributed by atoms with E-state index in [1.807, 2.05) is 26.0 Å². The zero-order valence-corrected chi connectivity index (χ0v) is 18.0. The highest BCUT2D eigenvalue weighted by Gasteiger charge is 2.37. The second kappa shape index (κ2) is 7.63. The van der Waals surface area contributed by atoms with Crippen LogP contribution in [0.15, 0.2) is 41.3 Å². The maximum atomic E-state index is 13.0. The molecule has 1 amide bonds. The maximum absolute atomic E-state index is 13.0. The van der Waals surface area contributed by atoms with Crippen LogP contribution in [0.3, 0.4) is 0 Å². The van der Waals surface area contributed by atoms with E-state index in [9.17, 15) is 13.2 Å². The predicted octanol–water partition coefficient (Wildman–Crippen LogP) is 4.27. The normalized spacial score (nSPS) is 18.4. The van der Waals surface area contributed by atoms with E-state index in [0.29, 0.717) is 35.8 Å². The lowest BCUT2D eigenvalue weighted by Gasteiger charge is -2.39. The van der Waals surface area contributed by atoms with Gasteiger partial charge in [0.2, 0.25) is 10.0 Å². The topological polar surface area (TPSA) is 66.9 Å². The summed E-state index contributed by atoms with van der Waals surface area (Å²) >= 11 is 6.06.